The summed E-state index contributed by atoms with van der Waals surface area (Å²) in [6.45, 7) is 6.34. The summed E-state index contributed by atoms with van der Waals surface area (Å²) in [5, 5.41) is 2.61. The maximum atomic E-state index is 12.7. The van der Waals surface area contributed by atoms with E-state index in [0.717, 1.165) is 17.7 Å². The molecule has 3 amide bonds. The largest absolute Gasteiger partial charge is 0.324 e. The van der Waals surface area contributed by atoms with Gasteiger partial charge >= 0.3 is 0 Å². The lowest BCUT2D eigenvalue weighted by molar-refractivity contribution is -0.144. The van der Waals surface area contributed by atoms with Crippen molar-refractivity contribution in [2.45, 2.75) is 51.3 Å². The minimum atomic E-state index is -3.60. The quantitative estimate of drug-likeness (QED) is 0.662. The van der Waals surface area contributed by atoms with Gasteiger partial charge in [-0.15, -0.1) is 0 Å². The molecular formula is C21H29N3O5S. The third-order valence-corrected chi connectivity index (χ3v) is 7.48. The van der Waals surface area contributed by atoms with Gasteiger partial charge in [0.15, 0.2) is 0 Å². The number of hydrogen-bond donors (Lipinski definition) is 1. The number of likely N-dealkylation sites (tertiary alicyclic amines) is 1. The van der Waals surface area contributed by atoms with Gasteiger partial charge in [0.05, 0.1) is 10.3 Å². The lowest BCUT2D eigenvalue weighted by Gasteiger charge is -2.23. The summed E-state index contributed by atoms with van der Waals surface area (Å²) >= 11 is 0. The summed E-state index contributed by atoms with van der Waals surface area (Å²) in [6, 6.07) is 6.04. The minimum Gasteiger partial charge on any atom is -0.324 e. The van der Waals surface area contributed by atoms with Crippen LogP contribution in [-0.2, 0) is 24.4 Å². The van der Waals surface area contributed by atoms with E-state index in [1.165, 1.54) is 16.4 Å². The molecule has 2 heterocycles. The van der Waals surface area contributed by atoms with Crippen molar-refractivity contribution in [2.24, 2.45) is 11.3 Å². The highest BCUT2D eigenvalue weighted by atomic mass is 32.2. The normalized spacial score (nSPS) is 22.9. The second kappa shape index (κ2) is 8.47. The van der Waals surface area contributed by atoms with Crippen LogP contribution in [0.2, 0.25) is 0 Å². The Morgan fingerprint density at radius 2 is 1.87 bits per heavy atom. The number of carbonyl (C=O) groups is 3. The number of benzene rings is 1. The average molecular weight is 436 g/mol. The molecule has 0 saturated carbocycles. The molecule has 0 radical (unpaired) electrons. The number of nitrogens with zero attached hydrogens (tertiary/aromatic N) is 2. The van der Waals surface area contributed by atoms with Gasteiger partial charge < -0.3 is 5.32 Å². The molecule has 2 fully saturated rings. The summed E-state index contributed by atoms with van der Waals surface area (Å²) < 4.78 is 26.9. The first-order valence-electron chi connectivity index (χ1n) is 10.3. The first-order valence-corrected chi connectivity index (χ1v) is 11.7. The van der Waals surface area contributed by atoms with Gasteiger partial charge in [0, 0.05) is 25.2 Å². The maximum absolute atomic E-state index is 12.7. The van der Waals surface area contributed by atoms with Gasteiger partial charge in [-0.05, 0) is 43.4 Å². The predicted molar refractivity (Wildman–Crippen MR) is 112 cm³/mol. The monoisotopic (exact) mass is 435 g/mol. The lowest BCUT2D eigenvalue weighted by Crippen LogP contribution is -2.40. The lowest BCUT2D eigenvalue weighted by atomic mass is 9.80. The number of rotatable bonds is 7. The third-order valence-electron chi connectivity index (χ3n) is 5.59. The number of sulfonamides is 1. The van der Waals surface area contributed by atoms with Crippen LogP contribution in [0.1, 0.15) is 46.5 Å². The van der Waals surface area contributed by atoms with Crippen LogP contribution in [0.15, 0.2) is 29.2 Å². The number of carbonyl (C=O) groups excluding carboxylic acids is 3. The first kappa shape index (κ1) is 22.4. The Hall–Kier alpha value is -2.26. The molecule has 0 bridgehead atoms. The van der Waals surface area contributed by atoms with Crippen molar-refractivity contribution in [1.29, 1.82) is 0 Å². The Kier molecular flexibility index (Phi) is 6.33. The number of anilines is 1. The van der Waals surface area contributed by atoms with Gasteiger partial charge in [-0.25, -0.2) is 8.42 Å². The molecule has 1 aromatic carbocycles. The van der Waals surface area contributed by atoms with E-state index in [2.05, 4.69) is 5.32 Å². The van der Waals surface area contributed by atoms with Crippen molar-refractivity contribution >= 4 is 33.4 Å². The van der Waals surface area contributed by atoms with Crippen LogP contribution in [-0.4, -0.2) is 55.0 Å². The summed E-state index contributed by atoms with van der Waals surface area (Å²) in [7, 11) is -3.60. The Bertz CT molecular complexity index is 953. The van der Waals surface area contributed by atoms with Crippen LogP contribution in [0.5, 0.6) is 0 Å². The van der Waals surface area contributed by atoms with Gasteiger partial charge in [0.25, 0.3) is 0 Å². The molecule has 0 aromatic heterocycles. The van der Waals surface area contributed by atoms with E-state index < -0.39 is 21.3 Å². The van der Waals surface area contributed by atoms with Crippen molar-refractivity contribution in [2.75, 3.05) is 25.0 Å². The summed E-state index contributed by atoms with van der Waals surface area (Å²) in [5.41, 5.74) is -0.473. The van der Waals surface area contributed by atoms with Crippen LogP contribution < -0.4 is 5.32 Å². The number of nitrogens with one attached hydrogen (secondary N) is 1. The molecule has 1 N–H and O–H groups in total. The molecule has 2 aliphatic rings. The van der Waals surface area contributed by atoms with E-state index in [1.54, 1.807) is 19.1 Å². The van der Waals surface area contributed by atoms with Crippen LogP contribution in [0.3, 0.4) is 0 Å². The van der Waals surface area contributed by atoms with E-state index in [1.807, 2.05) is 13.8 Å². The molecule has 9 heteroatoms. The Balaban J connectivity index is 1.68. The van der Waals surface area contributed by atoms with E-state index >= 15 is 0 Å². The molecule has 30 heavy (non-hydrogen) atoms. The molecule has 2 saturated heterocycles. The molecule has 164 valence electrons. The number of amides is 3. The fourth-order valence-electron chi connectivity index (χ4n) is 4.32. The molecular weight excluding hydrogens is 406 g/mol. The van der Waals surface area contributed by atoms with Crippen LogP contribution >= 0.6 is 0 Å². The van der Waals surface area contributed by atoms with Crippen molar-refractivity contribution in [3.05, 3.63) is 24.3 Å². The number of hydrogen-bond acceptors (Lipinski definition) is 5. The van der Waals surface area contributed by atoms with Gasteiger partial charge in [0.2, 0.25) is 27.7 Å². The van der Waals surface area contributed by atoms with Crippen molar-refractivity contribution in [3.63, 3.8) is 0 Å². The molecule has 0 aliphatic carbocycles. The fraction of sp³-hybridized carbons (Fsp3) is 0.571. The summed E-state index contributed by atoms with van der Waals surface area (Å²) in [5.74, 6) is -0.979. The van der Waals surface area contributed by atoms with Crippen LogP contribution in [0.4, 0.5) is 5.69 Å². The van der Waals surface area contributed by atoms with Gasteiger partial charge in [-0.1, -0.05) is 26.8 Å². The topological polar surface area (TPSA) is 104 Å². The molecule has 1 aromatic rings. The number of imide groups is 1. The van der Waals surface area contributed by atoms with Gasteiger partial charge in [0.1, 0.15) is 6.54 Å². The Labute approximate surface area is 177 Å². The highest BCUT2D eigenvalue weighted by Gasteiger charge is 2.48. The molecule has 2 aliphatic heterocycles. The second-order valence-electron chi connectivity index (χ2n) is 8.81. The standard InChI is InChI=1S/C21H29N3O5S/c1-15(2)12-21(3)13-19(26)24(20(21)27)14-18(25)22-16-7-6-8-17(11-16)30(28,29)23-9-4-5-10-23/h6-8,11,15H,4-5,9-10,12-14H2,1-3H3,(H,22,25)/t21-/m1/s1. The predicted octanol–water partition coefficient (Wildman–Crippen LogP) is 2.22. The Morgan fingerprint density at radius 3 is 2.50 bits per heavy atom. The third kappa shape index (κ3) is 4.57. The Morgan fingerprint density at radius 1 is 1.20 bits per heavy atom. The maximum Gasteiger partial charge on any atom is 0.244 e. The SMILES string of the molecule is CC(C)C[C@]1(C)CC(=O)N(CC(=O)Nc2cccc(S(=O)(=O)N3CCCC3)c2)C1=O. The van der Waals surface area contributed by atoms with E-state index in [-0.39, 0.29) is 35.6 Å². The van der Waals surface area contributed by atoms with Crippen LogP contribution in [0, 0.1) is 11.3 Å². The zero-order valence-corrected chi connectivity index (χ0v) is 18.5. The molecule has 3 rings (SSSR count). The average Bonchev–Trinajstić information content (AvgIpc) is 3.26. The highest BCUT2D eigenvalue weighted by molar-refractivity contribution is 7.89. The molecule has 0 spiro atoms. The van der Waals surface area contributed by atoms with Gasteiger partial charge in [-0.3, -0.25) is 19.3 Å². The minimum absolute atomic E-state index is 0.0981. The summed E-state index contributed by atoms with van der Waals surface area (Å²) in [6.07, 6.45) is 2.35. The zero-order chi connectivity index (χ0) is 22.1. The summed E-state index contributed by atoms with van der Waals surface area (Å²) in [4.78, 5) is 38.7. The molecule has 0 unspecified atom stereocenters. The highest BCUT2D eigenvalue weighted by Crippen LogP contribution is 2.38. The molecule has 8 nitrogen and oxygen atoms in total. The van der Waals surface area contributed by atoms with E-state index in [0.29, 0.717) is 25.2 Å². The fourth-order valence-corrected chi connectivity index (χ4v) is 5.88. The smallest absolute Gasteiger partial charge is 0.244 e. The first-order chi connectivity index (χ1) is 14.0. The van der Waals surface area contributed by atoms with Gasteiger partial charge in [-0.2, -0.15) is 4.31 Å². The molecule has 1 atom stereocenters. The van der Waals surface area contributed by atoms with Crippen molar-refractivity contribution < 1.29 is 22.8 Å². The van der Waals surface area contributed by atoms with Crippen molar-refractivity contribution in [1.82, 2.24) is 9.21 Å². The van der Waals surface area contributed by atoms with Crippen molar-refractivity contribution in [3.8, 4) is 0 Å². The second-order valence-corrected chi connectivity index (χ2v) is 10.7. The van der Waals surface area contributed by atoms with E-state index in [9.17, 15) is 22.8 Å². The van der Waals surface area contributed by atoms with E-state index in [4.69, 9.17) is 0 Å². The zero-order valence-electron chi connectivity index (χ0n) is 17.7. The van der Waals surface area contributed by atoms with Crippen LogP contribution in [0.25, 0.3) is 0 Å².